The first-order valence-corrected chi connectivity index (χ1v) is 5.44. The molecule has 2 N–H and O–H groups in total. The molecule has 7 heteroatoms. The maximum absolute atomic E-state index is 9.88. The Labute approximate surface area is 95.9 Å². The molecule has 0 spiro atoms. The fourth-order valence-corrected chi connectivity index (χ4v) is 2.27. The van der Waals surface area contributed by atoms with E-state index in [1.165, 1.54) is 0 Å². The fraction of sp³-hybridized carbons (Fsp3) is 0.556. The molecule has 6 nitrogen and oxygen atoms in total. The third-order valence-corrected chi connectivity index (χ3v) is 3.11. The lowest BCUT2D eigenvalue weighted by Gasteiger charge is -2.13. The zero-order chi connectivity index (χ0) is 11.3. The van der Waals surface area contributed by atoms with Gasteiger partial charge in [0.2, 0.25) is 0 Å². The first-order valence-electron chi connectivity index (χ1n) is 4.90. The summed E-state index contributed by atoms with van der Waals surface area (Å²) < 4.78 is 12.7. The van der Waals surface area contributed by atoms with Crippen molar-refractivity contribution in [1.29, 1.82) is 5.41 Å². The topological polar surface area (TPSA) is 80.4 Å². The summed E-state index contributed by atoms with van der Waals surface area (Å²) in [6.07, 6.45) is -0.412. The molecule has 1 saturated heterocycles. The average Bonchev–Trinajstić information content (AvgIpc) is 2.75. The summed E-state index contributed by atoms with van der Waals surface area (Å²) in [6.45, 7) is 0. The van der Waals surface area contributed by atoms with E-state index in [9.17, 15) is 5.11 Å². The van der Waals surface area contributed by atoms with Crippen molar-refractivity contribution in [2.75, 3.05) is 5.88 Å². The molecule has 0 aromatic carbocycles. The molecule has 0 saturated carbocycles. The number of hydrogen-bond donors (Lipinski definition) is 2. The Hall–Kier alpha value is -1.11. The summed E-state index contributed by atoms with van der Waals surface area (Å²) in [6, 6.07) is 1.84. The van der Waals surface area contributed by atoms with E-state index in [0.29, 0.717) is 6.01 Å². The molecule has 86 valence electrons. The van der Waals surface area contributed by atoms with E-state index in [4.69, 9.17) is 26.5 Å². The first-order chi connectivity index (χ1) is 7.70. The largest absolute Gasteiger partial charge is 0.454 e. The van der Waals surface area contributed by atoms with Crippen molar-refractivity contribution in [3.63, 3.8) is 0 Å². The summed E-state index contributed by atoms with van der Waals surface area (Å²) in [5.41, 5.74) is 0.120. The van der Waals surface area contributed by atoms with Gasteiger partial charge in [0.15, 0.2) is 17.8 Å². The summed E-state index contributed by atoms with van der Waals surface area (Å²) >= 11 is 5.67. The lowest BCUT2D eigenvalue weighted by Crippen LogP contribution is -2.34. The van der Waals surface area contributed by atoms with Crippen LogP contribution in [0.3, 0.4) is 0 Å². The highest BCUT2D eigenvalue weighted by molar-refractivity contribution is 6.18. The van der Waals surface area contributed by atoms with E-state index in [1.807, 2.05) is 0 Å². The van der Waals surface area contributed by atoms with Gasteiger partial charge in [-0.05, 0) is 6.07 Å². The molecule has 0 bridgehead atoms. The summed E-state index contributed by atoms with van der Waals surface area (Å²) in [5, 5.41) is 17.2. The normalized spacial score (nSPS) is 35.6. The van der Waals surface area contributed by atoms with E-state index in [1.54, 1.807) is 16.8 Å². The van der Waals surface area contributed by atoms with Crippen LogP contribution < -0.4 is 10.2 Å². The van der Waals surface area contributed by atoms with E-state index < -0.39 is 24.5 Å². The van der Waals surface area contributed by atoms with E-state index in [0.717, 1.165) is 0 Å². The van der Waals surface area contributed by atoms with Crippen LogP contribution >= 0.6 is 11.6 Å². The number of halogens is 1. The summed E-state index contributed by atoms with van der Waals surface area (Å²) in [5.74, 6) is 0.220. The third-order valence-electron chi connectivity index (χ3n) is 2.81. The standard InChI is InChI=1S/C9H10ClN3O3/c10-3-4-6(14)7-8(15-4)13-2-1-5(11)12-9(13)16-7/h1-2,4,6-8,11,14H,3H2. The minimum absolute atomic E-state index is 0.120. The van der Waals surface area contributed by atoms with Crippen molar-refractivity contribution in [3.8, 4) is 6.01 Å². The number of fused-ring (bicyclic) bond motifs is 3. The molecule has 0 amide bonds. The van der Waals surface area contributed by atoms with Crippen molar-refractivity contribution in [2.45, 2.75) is 24.5 Å². The molecule has 1 aromatic rings. The molecular formula is C9H10ClN3O3. The second-order valence-corrected chi connectivity index (χ2v) is 4.10. The number of hydrogen-bond acceptors (Lipinski definition) is 5. The van der Waals surface area contributed by atoms with Crippen LogP contribution in [0.2, 0.25) is 0 Å². The molecule has 4 unspecified atom stereocenters. The van der Waals surface area contributed by atoms with E-state index in [2.05, 4.69) is 4.98 Å². The monoisotopic (exact) mass is 243 g/mol. The molecule has 1 aromatic heterocycles. The Balaban J connectivity index is 1.99. The fourth-order valence-electron chi connectivity index (χ4n) is 2.01. The van der Waals surface area contributed by atoms with Crippen LogP contribution in [0.4, 0.5) is 0 Å². The molecule has 0 aliphatic carbocycles. The van der Waals surface area contributed by atoms with Crippen LogP contribution in [0, 0.1) is 5.41 Å². The van der Waals surface area contributed by atoms with Gasteiger partial charge in [0.05, 0.1) is 5.88 Å². The number of nitrogens with zero attached hydrogens (tertiary/aromatic N) is 2. The molecule has 3 heterocycles. The first kappa shape index (κ1) is 10.1. The molecule has 2 aliphatic rings. The highest BCUT2D eigenvalue weighted by Crippen LogP contribution is 2.38. The molecule has 0 radical (unpaired) electrons. The smallest absolute Gasteiger partial charge is 0.301 e. The average molecular weight is 244 g/mol. The van der Waals surface area contributed by atoms with Gasteiger partial charge in [-0.15, -0.1) is 11.6 Å². The molecule has 1 fully saturated rings. The zero-order valence-electron chi connectivity index (χ0n) is 8.21. The quantitative estimate of drug-likeness (QED) is 0.659. The predicted octanol–water partition coefficient (Wildman–Crippen LogP) is -0.379. The van der Waals surface area contributed by atoms with Crippen molar-refractivity contribution in [2.24, 2.45) is 0 Å². The Morgan fingerprint density at radius 1 is 1.62 bits per heavy atom. The molecule has 3 rings (SSSR count). The van der Waals surface area contributed by atoms with Gasteiger partial charge in [0, 0.05) is 6.20 Å². The highest BCUT2D eigenvalue weighted by Gasteiger charge is 2.50. The van der Waals surface area contributed by atoms with Gasteiger partial charge >= 0.3 is 6.01 Å². The van der Waals surface area contributed by atoms with E-state index in [-0.39, 0.29) is 11.4 Å². The van der Waals surface area contributed by atoms with Gasteiger partial charge in [-0.1, -0.05) is 0 Å². The number of alkyl halides is 1. The van der Waals surface area contributed by atoms with Crippen molar-refractivity contribution in [1.82, 2.24) is 9.55 Å². The summed E-state index contributed by atoms with van der Waals surface area (Å²) in [7, 11) is 0. The Kier molecular flexibility index (Phi) is 2.17. The van der Waals surface area contributed by atoms with E-state index >= 15 is 0 Å². The summed E-state index contributed by atoms with van der Waals surface area (Å²) in [4.78, 5) is 3.90. The molecule has 2 aliphatic heterocycles. The highest BCUT2D eigenvalue weighted by atomic mass is 35.5. The lowest BCUT2D eigenvalue weighted by molar-refractivity contribution is -0.00466. The van der Waals surface area contributed by atoms with Gasteiger partial charge in [-0.25, -0.2) is 0 Å². The lowest BCUT2D eigenvalue weighted by atomic mass is 10.1. The van der Waals surface area contributed by atoms with Crippen LogP contribution in [0.5, 0.6) is 6.01 Å². The second-order valence-electron chi connectivity index (χ2n) is 3.80. The van der Waals surface area contributed by atoms with Crippen LogP contribution in [-0.2, 0) is 4.74 Å². The minimum Gasteiger partial charge on any atom is -0.454 e. The number of rotatable bonds is 1. The number of nitrogens with one attached hydrogen (secondary N) is 1. The second kappa shape index (κ2) is 3.44. The van der Waals surface area contributed by atoms with Gasteiger partial charge in [-0.2, -0.15) is 4.98 Å². The molecule has 4 atom stereocenters. The number of aromatic nitrogens is 2. The number of aliphatic hydroxyl groups is 1. The third kappa shape index (κ3) is 1.27. The SMILES string of the molecule is N=c1ccn2c(n1)OC1C(O)C(CCl)OC12. The van der Waals surface area contributed by atoms with Crippen LogP contribution in [0.15, 0.2) is 12.3 Å². The van der Waals surface area contributed by atoms with Crippen LogP contribution in [0.25, 0.3) is 0 Å². The minimum atomic E-state index is -0.765. The van der Waals surface area contributed by atoms with Crippen molar-refractivity contribution in [3.05, 3.63) is 17.8 Å². The van der Waals surface area contributed by atoms with Crippen LogP contribution in [-0.4, -0.2) is 38.8 Å². The Morgan fingerprint density at radius 3 is 3.19 bits per heavy atom. The van der Waals surface area contributed by atoms with Crippen LogP contribution in [0.1, 0.15) is 6.23 Å². The number of aliphatic hydroxyl groups excluding tert-OH is 1. The van der Waals surface area contributed by atoms with Crippen molar-refractivity contribution < 1.29 is 14.6 Å². The predicted molar refractivity (Wildman–Crippen MR) is 53.1 cm³/mol. The zero-order valence-corrected chi connectivity index (χ0v) is 8.96. The van der Waals surface area contributed by atoms with Gasteiger partial charge < -0.3 is 14.6 Å². The Bertz CT molecular complexity index is 477. The van der Waals surface area contributed by atoms with Gasteiger partial charge in [-0.3, -0.25) is 9.98 Å². The Morgan fingerprint density at radius 2 is 2.44 bits per heavy atom. The maximum atomic E-state index is 9.88. The number of ether oxygens (including phenoxy) is 2. The van der Waals surface area contributed by atoms with Gasteiger partial charge in [0.25, 0.3) is 0 Å². The maximum Gasteiger partial charge on any atom is 0.301 e. The molecular weight excluding hydrogens is 234 g/mol. The molecule has 16 heavy (non-hydrogen) atoms. The van der Waals surface area contributed by atoms with Gasteiger partial charge in [0.1, 0.15) is 12.2 Å². The van der Waals surface area contributed by atoms with Crippen molar-refractivity contribution >= 4 is 11.6 Å².